The fraction of sp³-hybridized carbons (Fsp3) is 0.143. The van der Waals surface area contributed by atoms with E-state index in [-0.39, 0.29) is 10.0 Å². The number of nitro benzene ring substituents is 1. The van der Waals surface area contributed by atoms with Gasteiger partial charge in [-0.2, -0.15) is 0 Å². The van der Waals surface area contributed by atoms with Crippen molar-refractivity contribution in [2.45, 2.75) is 11.8 Å². The lowest BCUT2D eigenvalue weighted by Crippen LogP contribution is -2.15. The van der Waals surface area contributed by atoms with Gasteiger partial charge in [-0.05, 0) is 28.9 Å². The van der Waals surface area contributed by atoms with Crippen molar-refractivity contribution in [3.8, 4) is 0 Å². The molecule has 82 valence electrons. The lowest BCUT2D eigenvalue weighted by Gasteiger charge is -2.05. The topological polar surface area (TPSA) is 103 Å². The number of benzene rings is 1. The molecule has 15 heavy (non-hydrogen) atoms. The van der Waals surface area contributed by atoms with E-state index < -0.39 is 25.5 Å². The smallest absolute Gasteiger partial charge is 0.258 e. The normalized spacial score (nSPS) is 11.4. The lowest BCUT2D eigenvalue weighted by molar-refractivity contribution is -0.388. The second kappa shape index (κ2) is 3.87. The third kappa shape index (κ3) is 2.33. The van der Waals surface area contributed by atoms with Crippen molar-refractivity contribution in [2.75, 3.05) is 0 Å². The van der Waals surface area contributed by atoms with Crippen LogP contribution in [0.15, 0.2) is 21.5 Å². The van der Waals surface area contributed by atoms with Crippen LogP contribution in [0.4, 0.5) is 5.69 Å². The van der Waals surface area contributed by atoms with Gasteiger partial charge in [0.25, 0.3) is 5.69 Å². The molecule has 0 atom stereocenters. The van der Waals surface area contributed by atoms with Gasteiger partial charge in [-0.3, -0.25) is 10.1 Å². The maximum absolute atomic E-state index is 11.2. The number of primary sulfonamides is 1. The van der Waals surface area contributed by atoms with Crippen molar-refractivity contribution in [1.82, 2.24) is 0 Å². The Bertz CT molecular complexity index is 526. The fourth-order valence-electron chi connectivity index (χ4n) is 1.14. The zero-order valence-corrected chi connectivity index (χ0v) is 10.0. The SMILES string of the molecule is Cc1ccc(Br)c(S(N)(=O)=O)c1[N+](=O)[O-]. The summed E-state index contributed by atoms with van der Waals surface area (Å²) in [5.74, 6) is 0. The quantitative estimate of drug-likeness (QED) is 0.656. The van der Waals surface area contributed by atoms with E-state index in [1.54, 1.807) is 0 Å². The first kappa shape index (κ1) is 12.1. The highest BCUT2D eigenvalue weighted by Gasteiger charge is 2.27. The summed E-state index contributed by atoms with van der Waals surface area (Å²) >= 11 is 2.92. The van der Waals surface area contributed by atoms with Crippen LogP contribution in [0.5, 0.6) is 0 Å². The molecule has 1 aromatic rings. The second-order valence-corrected chi connectivity index (χ2v) is 5.20. The predicted octanol–water partition coefficient (Wildman–Crippen LogP) is 1.31. The Morgan fingerprint density at radius 1 is 1.47 bits per heavy atom. The average Bonchev–Trinajstić information content (AvgIpc) is 2.05. The molecule has 0 unspecified atom stereocenters. The van der Waals surface area contributed by atoms with Crippen LogP contribution in [0.3, 0.4) is 0 Å². The van der Waals surface area contributed by atoms with Crippen LogP contribution in [0.25, 0.3) is 0 Å². The number of nitrogens with two attached hydrogens (primary N) is 1. The average molecular weight is 295 g/mol. The number of rotatable bonds is 2. The molecule has 0 aliphatic rings. The summed E-state index contributed by atoms with van der Waals surface area (Å²) in [6.07, 6.45) is 0. The molecule has 0 radical (unpaired) electrons. The Morgan fingerprint density at radius 2 is 2.00 bits per heavy atom. The van der Waals surface area contributed by atoms with E-state index in [0.717, 1.165) is 0 Å². The summed E-state index contributed by atoms with van der Waals surface area (Å²) in [6.45, 7) is 1.44. The Kier molecular flexibility index (Phi) is 3.12. The molecule has 0 bridgehead atoms. The van der Waals surface area contributed by atoms with Gasteiger partial charge in [0.2, 0.25) is 10.0 Å². The molecule has 0 saturated heterocycles. The summed E-state index contributed by atoms with van der Waals surface area (Å²) in [5.41, 5.74) is -0.251. The largest absolute Gasteiger partial charge is 0.293 e. The number of aryl methyl sites for hydroxylation is 1. The minimum absolute atomic E-state index is 0.0855. The molecule has 8 heteroatoms. The molecule has 1 rings (SSSR count). The van der Waals surface area contributed by atoms with Crippen LogP contribution in [-0.4, -0.2) is 13.3 Å². The first-order valence-electron chi connectivity index (χ1n) is 3.71. The Hall–Kier alpha value is -0.990. The number of hydrogen-bond donors (Lipinski definition) is 1. The lowest BCUT2D eigenvalue weighted by atomic mass is 10.2. The Balaban J connectivity index is 3.76. The summed E-state index contributed by atoms with van der Waals surface area (Å²) in [7, 11) is -4.12. The first-order chi connectivity index (χ1) is 6.75. The molecule has 0 aliphatic heterocycles. The second-order valence-electron chi connectivity index (χ2n) is 2.84. The van der Waals surface area contributed by atoms with Gasteiger partial charge in [0.1, 0.15) is 0 Å². The Labute approximate surface area is 94.4 Å². The molecule has 0 amide bonds. The van der Waals surface area contributed by atoms with Gasteiger partial charge in [-0.15, -0.1) is 0 Å². The highest BCUT2D eigenvalue weighted by Crippen LogP contribution is 2.33. The maximum atomic E-state index is 11.2. The van der Waals surface area contributed by atoms with Crippen LogP contribution in [0, 0.1) is 17.0 Å². The van der Waals surface area contributed by atoms with Crippen LogP contribution < -0.4 is 5.14 Å². The van der Waals surface area contributed by atoms with Crippen LogP contribution in [-0.2, 0) is 10.0 Å². The van der Waals surface area contributed by atoms with Crippen molar-refractivity contribution in [2.24, 2.45) is 5.14 Å². The predicted molar refractivity (Wildman–Crippen MR) is 56.9 cm³/mol. The number of nitrogens with zero attached hydrogens (tertiary/aromatic N) is 1. The minimum Gasteiger partial charge on any atom is -0.258 e. The molecular formula is C7H7BrN2O4S. The van der Waals surface area contributed by atoms with E-state index in [4.69, 9.17) is 5.14 Å². The number of hydrogen-bond acceptors (Lipinski definition) is 4. The summed E-state index contributed by atoms with van der Waals surface area (Å²) in [5, 5.41) is 15.6. The molecule has 2 N–H and O–H groups in total. The molecule has 0 aliphatic carbocycles. The zero-order valence-electron chi connectivity index (χ0n) is 7.60. The van der Waals surface area contributed by atoms with Crippen molar-refractivity contribution in [1.29, 1.82) is 0 Å². The van der Waals surface area contributed by atoms with E-state index in [9.17, 15) is 18.5 Å². The molecular weight excluding hydrogens is 288 g/mol. The molecule has 0 heterocycles. The molecule has 6 nitrogen and oxygen atoms in total. The van der Waals surface area contributed by atoms with Gasteiger partial charge in [0.05, 0.1) is 4.92 Å². The molecule has 0 saturated carbocycles. The van der Waals surface area contributed by atoms with Crippen molar-refractivity contribution in [3.63, 3.8) is 0 Å². The van der Waals surface area contributed by atoms with Gasteiger partial charge in [-0.25, -0.2) is 13.6 Å². The van der Waals surface area contributed by atoms with Crippen molar-refractivity contribution in [3.05, 3.63) is 32.3 Å². The third-order valence-electron chi connectivity index (χ3n) is 1.75. The van der Waals surface area contributed by atoms with Crippen LogP contribution in [0.1, 0.15) is 5.56 Å². The maximum Gasteiger partial charge on any atom is 0.293 e. The van der Waals surface area contributed by atoms with E-state index in [0.29, 0.717) is 0 Å². The van der Waals surface area contributed by atoms with Gasteiger partial charge in [-0.1, -0.05) is 6.07 Å². The van der Waals surface area contributed by atoms with Crippen LogP contribution in [0.2, 0.25) is 0 Å². The molecule has 0 spiro atoms. The minimum atomic E-state index is -4.12. The summed E-state index contributed by atoms with van der Waals surface area (Å²) in [6, 6.07) is 2.85. The van der Waals surface area contributed by atoms with E-state index >= 15 is 0 Å². The number of sulfonamides is 1. The number of halogens is 1. The van der Waals surface area contributed by atoms with Gasteiger partial charge in [0.15, 0.2) is 4.90 Å². The Morgan fingerprint density at radius 3 is 2.33 bits per heavy atom. The number of nitro groups is 1. The van der Waals surface area contributed by atoms with Gasteiger partial charge < -0.3 is 0 Å². The third-order valence-corrected chi connectivity index (χ3v) is 3.66. The van der Waals surface area contributed by atoms with E-state index in [1.807, 2.05) is 0 Å². The van der Waals surface area contributed by atoms with Gasteiger partial charge in [0, 0.05) is 10.0 Å². The zero-order chi connectivity index (χ0) is 11.8. The van der Waals surface area contributed by atoms with Crippen LogP contribution >= 0.6 is 15.9 Å². The summed E-state index contributed by atoms with van der Waals surface area (Å²) in [4.78, 5) is 9.45. The van der Waals surface area contributed by atoms with Gasteiger partial charge >= 0.3 is 0 Å². The van der Waals surface area contributed by atoms with Crippen molar-refractivity contribution < 1.29 is 13.3 Å². The standard InChI is InChI=1S/C7H7BrN2O4S/c1-4-2-3-5(8)7(15(9,13)14)6(4)10(11)12/h2-3H,1H3,(H2,9,13,14). The molecule has 1 aromatic carbocycles. The molecule has 0 fully saturated rings. The van der Waals surface area contributed by atoms with Crippen molar-refractivity contribution >= 4 is 31.6 Å². The molecule has 0 aromatic heterocycles. The first-order valence-corrected chi connectivity index (χ1v) is 6.05. The highest BCUT2D eigenvalue weighted by molar-refractivity contribution is 9.10. The fourth-order valence-corrected chi connectivity index (χ4v) is 2.98. The monoisotopic (exact) mass is 294 g/mol. The van der Waals surface area contributed by atoms with E-state index in [1.165, 1.54) is 19.1 Å². The highest BCUT2D eigenvalue weighted by atomic mass is 79.9. The van der Waals surface area contributed by atoms with E-state index in [2.05, 4.69) is 15.9 Å². The summed E-state index contributed by atoms with van der Waals surface area (Å²) < 4.78 is 22.4.